The fourth-order valence-electron chi connectivity index (χ4n) is 2.43. The van der Waals surface area contributed by atoms with Crippen LogP contribution >= 0.6 is 0 Å². The van der Waals surface area contributed by atoms with Crippen LogP contribution in [0.25, 0.3) is 0 Å². The van der Waals surface area contributed by atoms with E-state index in [9.17, 15) is 14.7 Å². The van der Waals surface area contributed by atoms with Crippen molar-refractivity contribution in [3.63, 3.8) is 0 Å². The molecule has 6 heteroatoms. The number of carbonyl (C=O) groups excluding carboxylic acids is 2. The Morgan fingerprint density at radius 1 is 1.52 bits per heavy atom. The maximum absolute atomic E-state index is 12.2. The number of aromatic nitrogens is 1. The minimum atomic E-state index is -0.603. The summed E-state index contributed by atoms with van der Waals surface area (Å²) in [7, 11) is 1.53. The molecule has 0 spiro atoms. The van der Waals surface area contributed by atoms with Crippen LogP contribution in [0.15, 0.2) is 35.9 Å². The lowest BCUT2D eigenvalue weighted by atomic mass is 9.96. The molecule has 0 aliphatic carbocycles. The molecule has 1 aromatic rings. The summed E-state index contributed by atoms with van der Waals surface area (Å²) in [6.45, 7) is 2.31. The zero-order valence-electron chi connectivity index (χ0n) is 12.1. The van der Waals surface area contributed by atoms with Crippen LogP contribution in [-0.4, -0.2) is 46.9 Å². The van der Waals surface area contributed by atoms with Crippen LogP contribution in [-0.2, 0) is 14.3 Å². The van der Waals surface area contributed by atoms with Crippen molar-refractivity contribution in [1.29, 1.82) is 0 Å². The Morgan fingerprint density at radius 2 is 2.29 bits per heavy atom. The molecule has 6 nitrogen and oxygen atoms in total. The van der Waals surface area contributed by atoms with E-state index in [0.717, 1.165) is 0 Å². The van der Waals surface area contributed by atoms with E-state index in [2.05, 4.69) is 4.98 Å². The molecule has 1 aliphatic heterocycles. The van der Waals surface area contributed by atoms with E-state index in [0.29, 0.717) is 18.7 Å². The number of pyridine rings is 1. The van der Waals surface area contributed by atoms with Gasteiger partial charge in [0.05, 0.1) is 18.2 Å². The summed E-state index contributed by atoms with van der Waals surface area (Å²) in [5.41, 5.74) is 0.842. The molecular formula is C15H18N2O4. The number of hydrogen-bond acceptors (Lipinski definition) is 5. The number of rotatable bonds is 6. The average Bonchev–Trinajstić information content (AvgIpc) is 2.77. The topological polar surface area (TPSA) is 79.7 Å². The lowest BCUT2D eigenvalue weighted by molar-refractivity contribution is -0.130. The second kappa shape index (κ2) is 6.49. The van der Waals surface area contributed by atoms with Crippen molar-refractivity contribution in [2.75, 3.05) is 20.3 Å². The molecule has 1 unspecified atom stereocenters. The summed E-state index contributed by atoms with van der Waals surface area (Å²) >= 11 is 0. The van der Waals surface area contributed by atoms with Gasteiger partial charge < -0.3 is 14.7 Å². The number of ether oxygens (including phenoxy) is 1. The molecule has 0 saturated carbocycles. The van der Waals surface area contributed by atoms with Crippen molar-refractivity contribution >= 4 is 11.7 Å². The van der Waals surface area contributed by atoms with Gasteiger partial charge in [0.15, 0.2) is 11.5 Å². The van der Waals surface area contributed by atoms with E-state index in [-0.39, 0.29) is 17.8 Å². The third-order valence-electron chi connectivity index (χ3n) is 3.46. The van der Waals surface area contributed by atoms with Gasteiger partial charge in [-0.3, -0.25) is 14.6 Å². The summed E-state index contributed by atoms with van der Waals surface area (Å²) in [5.74, 6) is -1.25. The monoisotopic (exact) mass is 290 g/mol. The summed E-state index contributed by atoms with van der Waals surface area (Å²) in [6, 6.07) is 2.91. The molecule has 1 aromatic heterocycles. The average molecular weight is 290 g/mol. The Balaban J connectivity index is 2.45. The summed E-state index contributed by atoms with van der Waals surface area (Å²) in [5, 5.41) is 10.1. The van der Waals surface area contributed by atoms with Gasteiger partial charge in [0.25, 0.3) is 5.91 Å². The highest BCUT2D eigenvalue weighted by atomic mass is 16.5. The molecule has 0 bridgehead atoms. The van der Waals surface area contributed by atoms with Crippen LogP contribution in [0.2, 0.25) is 0 Å². The number of aliphatic hydroxyl groups is 1. The van der Waals surface area contributed by atoms with Crippen LogP contribution in [0, 0.1) is 0 Å². The molecule has 0 aromatic carbocycles. The van der Waals surface area contributed by atoms with E-state index in [4.69, 9.17) is 4.74 Å². The SMILES string of the molecule is CCC(=O)C1=C(O)C(=O)N(CCOC)C1c1cccnc1. The third-order valence-corrected chi connectivity index (χ3v) is 3.46. The number of nitrogens with zero attached hydrogens (tertiary/aromatic N) is 2. The Labute approximate surface area is 123 Å². The molecule has 0 saturated heterocycles. The van der Waals surface area contributed by atoms with Crippen molar-refractivity contribution in [3.8, 4) is 0 Å². The van der Waals surface area contributed by atoms with Gasteiger partial charge in [-0.1, -0.05) is 13.0 Å². The molecule has 0 fully saturated rings. The Hall–Kier alpha value is -2.21. The van der Waals surface area contributed by atoms with Gasteiger partial charge in [0.2, 0.25) is 0 Å². The van der Waals surface area contributed by atoms with Crippen molar-refractivity contribution in [3.05, 3.63) is 41.4 Å². The molecule has 2 heterocycles. The summed E-state index contributed by atoms with van der Waals surface area (Å²) in [4.78, 5) is 29.8. The lowest BCUT2D eigenvalue weighted by Crippen LogP contribution is -2.34. The number of hydrogen-bond donors (Lipinski definition) is 1. The van der Waals surface area contributed by atoms with Crippen LogP contribution in [0.3, 0.4) is 0 Å². The van der Waals surface area contributed by atoms with Crippen molar-refractivity contribution in [2.45, 2.75) is 19.4 Å². The van der Waals surface area contributed by atoms with Crippen LogP contribution < -0.4 is 0 Å². The Bertz CT molecular complexity index is 568. The molecular weight excluding hydrogens is 272 g/mol. The predicted molar refractivity (Wildman–Crippen MR) is 75.5 cm³/mol. The van der Waals surface area contributed by atoms with Gasteiger partial charge in [0, 0.05) is 32.5 Å². The fraction of sp³-hybridized carbons (Fsp3) is 0.400. The molecule has 1 atom stereocenters. The molecule has 0 radical (unpaired) electrons. The van der Waals surface area contributed by atoms with Gasteiger partial charge in [-0.05, 0) is 11.6 Å². The van der Waals surface area contributed by atoms with Crippen molar-refractivity contribution in [2.24, 2.45) is 0 Å². The Kier molecular flexibility index (Phi) is 4.70. The molecule has 1 N–H and O–H groups in total. The number of Topliss-reactive ketones (excluding diaryl/α,β-unsaturated/α-hetero) is 1. The second-order valence-corrected chi connectivity index (χ2v) is 4.72. The summed E-state index contributed by atoms with van der Waals surface area (Å²) in [6.07, 6.45) is 3.44. The normalized spacial score (nSPS) is 18.5. The predicted octanol–water partition coefficient (Wildman–Crippen LogP) is 1.40. The van der Waals surface area contributed by atoms with E-state index >= 15 is 0 Å². The Morgan fingerprint density at radius 3 is 2.86 bits per heavy atom. The quantitative estimate of drug-likeness (QED) is 0.856. The minimum Gasteiger partial charge on any atom is -0.503 e. The van der Waals surface area contributed by atoms with Crippen LogP contribution in [0.1, 0.15) is 24.9 Å². The number of amides is 1. The number of methoxy groups -OCH3 is 1. The zero-order chi connectivity index (χ0) is 15.4. The first-order valence-electron chi connectivity index (χ1n) is 6.78. The number of ketones is 1. The van der Waals surface area contributed by atoms with E-state index < -0.39 is 17.7 Å². The standard InChI is InChI=1S/C15H18N2O4/c1-3-11(18)12-13(10-5-4-6-16-9-10)17(7-8-21-2)15(20)14(12)19/h4-6,9,13,19H,3,7-8H2,1-2H3. The maximum Gasteiger partial charge on any atom is 0.290 e. The van der Waals surface area contributed by atoms with Crippen molar-refractivity contribution < 1.29 is 19.4 Å². The number of aliphatic hydroxyl groups excluding tert-OH is 1. The lowest BCUT2D eigenvalue weighted by Gasteiger charge is -2.26. The van der Waals surface area contributed by atoms with Gasteiger partial charge in [0.1, 0.15) is 0 Å². The van der Waals surface area contributed by atoms with Gasteiger partial charge in [-0.15, -0.1) is 0 Å². The first kappa shape index (κ1) is 15.2. The third kappa shape index (κ3) is 2.80. The van der Waals surface area contributed by atoms with Crippen LogP contribution in [0.4, 0.5) is 0 Å². The molecule has 2 rings (SSSR count). The van der Waals surface area contributed by atoms with Gasteiger partial charge >= 0.3 is 0 Å². The molecule has 1 amide bonds. The number of carbonyl (C=O) groups is 2. The van der Waals surface area contributed by atoms with Crippen molar-refractivity contribution in [1.82, 2.24) is 9.88 Å². The largest absolute Gasteiger partial charge is 0.503 e. The smallest absolute Gasteiger partial charge is 0.290 e. The summed E-state index contributed by atoms with van der Waals surface area (Å²) < 4.78 is 5.00. The zero-order valence-corrected chi connectivity index (χ0v) is 12.1. The highest BCUT2D eigenvalue weighted by Crippen LogP contribution is 2.37. The fourth-order valence-corrected chi connectivity index (χ4v) is 2.43. The van der Waals surface area contributed by atoms with E-state index in [1.54, 1.807) is 31.5 Å². The first-order valence-corrected chi connectivity index (χ1v) is 6.78. The highest BCUT2D eigenvalue weighted by molar-refractivity contribution is 6.08. The second-order valence-electron chi connectivity index (χ2n) is 4.72. The van der Waals surface area contributed by atoms with E-state index in [1.807, 2.05) is 0 Å². The van der Waals surface area contributed by atoms with E-state index in [1.165, 1.54) is 12.0 Å². The minimum absolute atomic E-state index is 0.145. The van der Waals surface area contributed by atoms with Gasteiger partial charge in [-0.2, -0.15) is 0 Å². The molecule has 112 valence electrons. The highest BCUT2D eigenvalue weighted by Gasteiger charge is 2.42. The first-order chi connectivity index (χ1) is 10.1. The maximum atomic E-state index is 12.2. The molecule has 21 heavy (non-hydrogen) atoms. The molecule has 1 aliphatic rings. The van der Waals surface area contributed by atoms with Gasteiger partial charge in [-0.25, -0.2) is 0 Å². The van der Waals surface area contributed by atoms with Crippen LogP contribution in [0.5, 0.6) is 0 Å².